The zero-order valence-electron chi connectivity index (χ0n) is 10.7. The molecule has 1 fully saturated rings. The molecule has 0 radical (unpaired) electrons. The summed E-state index contributed by atoms with van der Waals surface area (Å²) in [4.78, 5) is 2.23. The van der Waals surface area contributed by atoms with Crippen LogP contribution in [0.3, 0.4) is 0 Å². The van der Waals surface area contributed by atoms with Crippen LogP contribution >= 0.6 is 0 Å². The minimum Gasteiger partial charge on any atom is -0.399 e. The molecule has 1 heterocycles. The molecular formula is C13H20N2O2S. The molecule has 1 aliphatic heterocycles. The molecule has 0 saturated carbocycles. The van der Waals surface area contributed by atoms with E-state index >= 15 is 0 Å². The Balaban J connectivity index is 2.04. The van der Waals surface area contributed by atoms with Crippen LogP contribution in [0.5, 0.6) is 0 Å². The van der Waals surface area contributed by atoms with Crippen molar-refractivity contribution < 1.29 is 8.42 Å². The molecule has 5 heteroatoms. The molecule has 1 aliphatic rings. The molecule has 0 spiro atoms. The normalized spacial score (nSPS) is 22.4. The van der Waals surface area contributed by atoms with Gasteiger partial charge in [-0.15, -0.1) is 0 Å². The molecule has 4 nitrogen and oxygen atoms in total. The predicted molar refractivity (Wildman–Crippen MR) is 74.0 cm³/mol. The molecule has 1 aromatic carbocycles. The topological polar surface area (TPSA) is 63.4 Å². The van der Waals surface area contributed by atoms with Gasteiger partial charge in [-0.25, -0.2) is 8.42 Å². The summed E-state index contributed by atoms with van der Waals surface area (Å²) in [6.45, 7) is 3.73. The number of nitrogen functional groups attached to an aromatic ring is 1. The summed E-state index contributed by atoms with van der Waals surface area (Å²) in [5, 5.41) is 0. The van der Waals surface area contributed by atoms with E-state index in [2.05, 4.69) is 11.8 Å². The smallest absolute Gasteiger partial charge is 0.151 e. The van der Waals surface area contributed by atoms with Crippen LogP contribution in [0.4, 0.5) is 5.69 Å². The van der Waals surface area contributed by atoms with Crippen molar-refractivity contribution in [1.29, 1.82) is 0 Å². The lowest BCUT2D eigenvalue weighted by Crippen LogP contribution is -2.35. The first-order valence-corrected chi connectivity index (χ1v) is 8.11. The Morgan fingerprint density at radius 3 is 2.50 bits per heavy atom. The van der Waals surface area contributed by atoms with Gasteiger partial charge in [-0.2, -0.15) is 0 Å². The second-order valence-electron chi connectivity index (χ2n) is 4.86. The van der Waals surface area contributed by atoms with E-state index in [1.165, 1.54) is 5.56 Å². The molecule has 2 rings (SSSR count). The Labute approximate surface area is 109 Å². The third-order valence-corrected chi connectivity index (χ3v) is 5.25. The molecule has 0 aromatic heterocycles. The van der Waals surface area contributed by atoms with E-state index in [-0.39, 0.29) is 6.04 Å². The van der Waals surface area contributed by atoms with Gasteiger partial charge >= 0.3 is 0 Å². The molecule has 18 heavy (non-hydrogen) atoms. The lowest BCUT2D eigenvalue weighted by molar-refractivity contribution is 0.215. The first-order chi connectivity index (χ1) is 8.50. The highest BCUT2D eigenvalue weighted by Gasteiger charge is 2.31. The van der Waals surface area contributed by atoms with E-state index in [4.69, 9.17) is 5.73 Å². The van der Waals surface area contributed by atoms with Gasteiger partial charge in [-0.05, 0) is 30.7 Å². The van der Waals surface area contributed by atoms with Gasteiger partial charge in [0.05, 0.1) is 11.5 Å². The fourth-order valence-corrected chi connectivity index (χ4v) is 4.18. The van der Waals surface area contributed by atoms with Gasteiger partial charge in [0.15, 0.2) is 9.84 Å². The second kappa shape index (κ2) is 5.28. The first kappa shape index (κ1) is 13.4. The van der Waals surface area contributed by atoms with Crippen molar-refractivity contribution in [3.63, 3.8) is 0 Å². The van der Waals surface area contributed by atoms with E-state index in [0.29, 0.717) is 11.5 Å². The van der Waals surface area contributed by atoms with Gasteiger partial charge in [-0.1, -0.05) is 19.1 Å². The quantitative estimate of drug-likeness (QED) is 0.836. The van der Waals surface area contributed by atoms with Crippen LogP contribution in [-0.2, 0) is 16.4 Å². The van der Waals surface area contributed by atoms with Crippen LogP contribution in [0, 0.1) is 0 Å². The molecule has 100 valence electrons. The van der Waals surface area contributed by atoms with Crippen molar-refractivity contribution in [1.82, 2.24) is 4.90 Å². The van der Waals surface area contributed by atoms with Gasteiger partial charge in [-0.3, -0.25) is 4.90 Å². The number of anilines is 1. The van der Waals surface area contributed by atoms with Crippen molar-refractivity contribution in [2.24, 2.45) is 0 Å². The van der Waals surface area contributed by atoms with Gasteiger partial charge in [0.25, 0.3) is 0 Å². The zero-order chi connectivity index (χ0) is 13.2. The maximum atomic E-state index is 11.5. The van der Waals surface area contributed by atoms with Gasteiger partial charge in [0.2, 0.25) is 0 Å². The molecule has 0 unspecified atom stereocenters. The highest BCUT2D eigenvalue weighted by molar-refractivity contribution is 7.91. The van der Waals surface area contributed by atoms with Gasteiger partial charge < -0.3 is 5.73 Å². The predicted octanol–water partition coefficient (Wildman–Crippen LogP) is 1.28. The van der Waals surface area contributed by atoms with E-state index in [1.54, 1.807) is 0 Å². The number of hydrogen-bond donors (Lipinski definition) is 1. The van der Waals surface area contributed by atoms with Crippen LogP contribution in [-0.4, -0.2) is 37.4 Å². The van der Waals surface area contributed by atoms with Crippen LogP contribution in [0.1, 0.15) is 18.9 Å². The minimum atomic E-state index is -2.81. The molecular weight excluding hydrogens is 248 g/mol. The van der Waals surface area contributed by atoms with Crippen molar-refractivity contribution in [2.75, 3.05) is 23.8 Å². The number of rotatable bonds is 4. The van der Waals surface area contributed by atoms with Gasteiger partial charge in [0, 0.05) is 18.3 Å². The van der Waals surface area contributed by atoms with E-state index in [1.807, 2.05) is 24.3 Å². The summed E-state index contributed by atoms with van der Waals surface area (Å²) in [7, 11) is -2.81. The van der Waals surface area contributed by atoms with Crippen LogP contribution < -0.4 is 5.73 Å². The van der Waals surface area contributed by atoms with E-state index in [0.717, 1.165) is 25.2 Å². The summed E-state index contributed by atoms with van der Waals surface area (Å²) < 4.78 is 23.0. The molecule has 1 aromatic rings. The molecule has 0 amide bonds. The zero-order valence-corrected chi connectivity index (χ0v) is 11.5. The second-order valence-corrected chi connectivity index (χ2v) is 7.09. The number of nitrogens with two attached hydrogens (primary N) is 1. The average Bonchev–Trinajstić information content (AvgIpc) is 2.69. The Hall–Kier alpha value is -1.07. The van der Waals surface area contributed by atoms with Crippen LogP contribution in [0.2, 0.25) is 0 Å². The fourth-order valence-electron chi connectivity index (χ4n) is 2.42. The number of nitrogens with zero attached hydrogens (tertiary/aromatic N) is 1. The largest absolute Gasteiger partial charge is 0.399 e. The minimum absolute atomic E-state index is 0.164. The molecule has 1 atom stereocenters. The summed E-state index contributed by atoms with van der Waals surface area (Å²) in [6.07, 6.45) is 0.755. The van der Waals surface area contributed by atoms with Crippen molar-refractivity contribution in [2.45, 2.75) is 25.9 Å². The van der Waals surface area contributed by atoms with E-state index in [9.17, 15) is 8.42 Å². The van der Waals surface area contributed by atoms with Crippen molar-refractivity contribution in [3.05, 3.63) is 29.8 Å². The number of benzene rings is 1. The third kappa shape index (κ3) is 3.23. The molecule has 2 N–H and O–H groups in total. The Morgan fingerprint density at radius 1 is 1.33 bits per heavy atom. The first-order valence-electron chi connectivity index (χ1n) is 6.29. The SMILES string of the molecule is CCN(Cc1ccc(N)cc1)[C@@H]1CCS(=O)(=O)C1. The van der Waals surface area contributed by atoms with E-state index < -0.39 is 9.84 Å². The lowest BCUT2D eigenvalue weighted by Gasteiger charge is -2.26. The fraction of sp³-hybridized carbons (Fsp3) is 0.538. The Morgan fingerprint density at radius 2 is 2.00 bits per heavy atom. The van der Waals surface area contributed by atoms with Crippen LogP contribution in [0.25, 0.3) is 0 Å². The summed E-state index contributed by atoms with van der Waals surface area (Å²) in [6, 6.07) is 7.93. The van der Waals surface area contributed by atoms with Crippen molar-refractivity contribution >= 4 is 15.5 Å². The maximum Gasteiger partial charge on any atom is 0.151 e. The highest BCUT2D eigenvalue weighted by atomic mass is 32.2. The summed E-state index contributed by atoms with van der Waals surface area (Å²) in [5.41, 5.74) is 7.59. The highest BCUT2D eigenvalue weighted by Crippen LogP contribution is 2.20. The van der Waals surface area contributed by atoms with Crippen molar-refractivity contribution in [3.8, 4) is 0 Å². The molecule has 1 saturated heterocycles. The third-order valence-electron chi connectivity index (χ3n) is 3.50. The number of hydrogen-bond acceptors (Lipinski definition) is 4. The summed E-state index contributed by atoms with van der Waals surface area (Å²) in [5.74, 6) is 0.631. The molecule has 0 aliphatic carbocycles. The van der Waals surface area contributed by atoms with Crippen LogP contribution in [0.15, 0.2) is 24.3 Å². The maximum absolute atomic E-state index is 11.5. The number of sulfone groups is 1. The van der Waals surface area contributed by atoms with Gasteiger partial charge in [0.1, 0.15) is 0 Å². The lowest BCUT2D eigenvalue weighted by atomic mass is 10.1. The Bertz CT molecular complexity index is 496. The summed E-state index contributed by atoms with van der Waals surface area (Å²) >= 11 is 0. The molecule has 0 bridgehead atoms. The average molecular weight is 268 g/mol. The Kier molecular flexibility index (Phi) is 3.92. The standard InChI is InChI=1S/C13H20N2O2S/c1-2-15(13-7-8-18(16,17)10-13)9-11-3-5-12(14)6-4-11/h3-6,13H,2,7-10,14H2,1H3/t13-/m1/s1. The monoisotopic (exact) mass is 268 g/mol.